The zero-order valence-electron chi connectivity index (χ0n) is 13.4. The van der Waals surface area contributed by atoms with E-state index in [2.05, 4.69) is 23.4 Å². The van der Waals surface area contributed by atoms with Gasteiger partial charge in [0.05, 0.1) is 12.5 Å². The summed E-state index contributed by atoms with van der Waals surface area (Å²) in [4.78, 5) is 12.5. The molecule has 0 saturated carbocycles. The van der Waals surface area contributed by atoms with Crippen molar-refractivity contribution in [3.63, 3.8) is 0 Å². The topological polar surface area (TPSA) is 29.1 Å². The first-order valence-corrected chi connectivity index (χ1v) is 8.02. The highest BCUT2D eigenvalue weighted by Crippen LogP contribution is 2.20. The van der Waals surface area contributed by atoms with Crippen LogP contribution in [0.5, 0.6) is 0 Å². The summed E-state index contributed by atoms with van der Waals surface area (Å²) in [6, 6.07) is 23.8. The Morgan fingerprint density at radius 3 is 2.46 bits per heavy atom. The lowest BCUT2D eigenvalue weighted by atomic mass is 10.0. The molecule has 118 valence electrons. The van der Waals surface area contributed by atoms with Gasteiger partial charge in [0.2, 0.25) is 5.91 Å². The standard InChI is InChI=1S/C22H19NO/c1-2-9-21(18-11-4-3-5-12-18)23-22(24)16-19-14-8-13-17-10-6-7-15-20(17)19/h1,3-8,10-15,21H,9,16H2,(H,23,24)/t21-/m1/s1. The van der Waals surface area contributed by atoms with Gasteiger partial charge in [-0.25, -0.2) is 0 Å². The minimum absolute atomic E-state index is 0.0181. The van der Waals surface area contributed by atoms with Gasteiger partial charge in [-0.1, -0.05) is 72.8 Å². The third-order valence-corrected chi connectivity index (χ3v) is 4.09. The number of nitrogens with one attached hydrogen (secondary N) is 1. The molecule has 2 heteroatoms. The van der Waals surface area contributed by atoms with Crippen molar-refractivity contribution in [2.45, 2.75) is 18.9 Å². The van der Waals surface area contributed by atoms with Crippen molar-refractivity contribution >= 4 is 16.7 Å². The first-order valence-electron chi connectivity index (χ1n) is 8.02. The molecule has 0 saturated heterocycles. The van der Waals surface area contributed by atoms with Crippen LogP contribution in [0.2, 0.25) is 0 Å². The summed E-state index contributed by atoms with van der Waals surface area (Å²) in [6.07, 6.45) is 6.29. The molecule has 0 aliphatic heterocycles. The fraction of sp³-hybridized carbons (Fsp3) is 0.136. The van der Waals surface area contributed by atoms with Crippen LogP contribution in [0, 0.1) is 12.3 Å². The highest BCUT2D eigenvalue weighted by molar-refractivity contribution is 5.90. The molecule has 2 nitrogen and oxygen atoms in total. The molecule has 0 aliphatic rings. The van der Waals surface area contributed by atoms with Gasteiger partial charge in [-0.15, -0.1) is 12.3 Å². The van der Waals surface area contributed by atoms with Gasteiger partial charge >= 0.3 is 0 Å². The van der Waals surface area contributed by atoms with E-state index in [1.165, 1.54) is 0 Å². The lowest BCUT2D eigenvalue weighted by molar-refractivity contribution is -0.121. The van der Waals surface area contributed by atoms with Crippen LogP contribution in [0.15, 0.2) is 72.8 Å². The minimum Gasteiger partial charge on any atom is -0.348 e. The Balaban J connectivity index is 1.77. The van der Waals surface area contributed by atoms with Gasteiger partial charge in [-0.05, 0) is 21.9 Å². The third-order valence-electron chi connectivity index (χ3n) is 4.09. The van der Waals surface area contributed by atoms with E-state index in [4.69, 9.17) is 6.42 Å². The summed E-state index contributed by atoms with van der Waals surface area (Å²) >= 11 is 0. The van der Waals surface area contributed by atoms with Gasteiger partial charge in [-0.3, -0.25) is 4.79 Å². The molecule has 0 unspecified atom stereocenters. The Hall–Kier alpha value is -3.05. The average Bonchev–Trinajstić information content (AvgIpc) is 2.62. The Labute approximate surface area is 142 Å². The Morgan fingerprint density at radius 1 is 0.958 bits per heavy atom. The predicted octanol–water partition coefficient (Wildman–Crippen LogP) is 4.26. The molecule has 3 aromatic rings. The van der Waals surface area contributed by atoms with Crippen molar-refractivity contribution in [2.75, 3.05) is 0 Å². The summed E-state index contributed by atoms with van der Waals surface area (Å²) < 4.78 is 0. The van der Waals surface area contributed by atoms with E-state index < -0.39 is 0 Å². The minimum atomic E-state index is -0.154. The second-order valence-electron chi connectivity index (χ2n) is 5.75. The second-order valence-corrected chi connectivity index (χ2v) is 5.75. The lowest BCUT2D eigenvalue weighted by Gasteiger charge is -2.17. The summed E-state index contributed by atoms with van der Waals surface area (Å²) in [6.45, 7) is 0. The number of rotatable bonds is 5. The molecule has 1 N–H and O–H groups in total. The van der Waals surface area contributed by atoms with E-state index in [0.29, 0.717) is 12.8 Å². The normalized spacial score (nSPS) is 11.6. The van der Waals surface area contributed by atoms with Crippen LogP contribution >= 0.6 is 0 Å². The van der Waals surface area contributed by atoms with E-state index in [-0.39, 0.29) is 11.9 Å². The Kier molecular flexibility index (Phi) is 4.93. The van der Waals surface area contributed by atoms with E-state index in [1.54, 1.807) is 0 Å². The second kappa shape index (κ2) is 7.48. The number of benzene rings is 3. The molecule has 0 aliphatic carbocycles. The van der Waals surface area contributed by atoms with Crippen molar-refractivity contribution in [1.82, 2.24) is 5.32 Å². The molecule has 1 atom stereocenters. The van der Waals surface area contributed by atoms with Crippen molar-refractivity contribution in [2.24, 2.45) is 0 Å². The highest BCUT2D eigenvalue weighted by atomic mass is 16.1. The molecular weight excluding hydrogens is 294 g/mol. The monoisotopic (exact) mass is 313 g/mol. The van der Waals surface area contributed by atoms with E-state index in [9.17, 15) is 4.79 Å². The number of carbonyl (C=O) groups is 1. The molecule has 0 spiro atoms. The van der Waals surface area contributed by atoms with Crippen LogP contribution in [0.1, 0.15) is 23.6 Å². The molecule has 0 fully saturated rings. The maximum Gasteiger partial charge on any atom is 0.224 e. The van der Waals surface area contributed by atoms with Crippen LogP contribution < -0.4 is 5.32 Å². The largest absolute Gasteiger partial charge is 0.348 e. The molecule has 0 aromatic heterocycles. The maximum atomic E-state index is 12.5. The van der Waals surface area contributed by atoms with Crippen LogP contribution in [0.3, 0.4) is 0 Å². The first-order chi connectivity index (χ1) is 11.8. The predicted molar refractivity (Wildman–Crippen MR) is 98.4 cm³/mol. The average molecular weight is 313 g/mol. The van der Waals surface area contributed by atoms with E-state index in [1.807, 2.05) is 60.7 Å². The number of terminal acetylenes is 1. The zero-order chi connectivity index (χ0) is 16.8. The van der Waals surface area contributed by atoms with Crippen LogP contribution in [0.25, 0.3) is 10.8 Å². The fourth-order valence-corrected chi connectivity index (χ4v) is 2.92. The van der Waals surface area contributed by atoms with Crippen molar-refractivity contribution in [3.05, 3.63) is 83.9 Å². The van der Waals surface area contributed by atoms with Crippen molar-refractivity contribution < 1.29 is 4.79 Å². The van der Waals surface area contributed by atoms with Crippen LogP contribution in [-0.4, -0.2) is 5.91 Å². The van der Waals surface area contributed by atoms with Crippen LogP contribution in [-0.2, 0) is 11.2 Å². The van der Waals surface area contributed by atoms with Gasteiger partial charge in [0.25, 0.3) is 0 Å². The molecule has 1 amide bonds. The van der Waals surface area contributed by atoms with Crippen molar-refractivity contribution in [1.29, 1.82) is 0 Å². The van der Waals surface area contributed by atoms with Gasteiger partial charge in [-0.2, -0.15) is 0 Å². The summed E-state index contributed by atoms with van der Waals surface area (Å²) in [5.41, 5.74) is 2.06. The molecule has 3 aromatic carbocycles. The number of fused-ring (bicyclic) bond motifs is 1. The fourth-order valence-electron chi connectivity index (χ4n) is 2.92. The maximum absolute atomic E-state index is 12.5. The zero-order valence-corrected chi connectivity index (χ0v) is 13.4. The molecule has 0 heterocycles. The SMILES string of the molecule is C#CC[C@@H](NC(=O)Cc1cccc2ccccc12)c1ccccc1. The quantitative estimate of drug-likeness (QED) is 0.701. The van der Waals surface area contributed by atoms with Gasteiger partial charge in [0, 0.05) is 6.42 Å². The summed E-state index contributed by atoms with van der Waals surface area (Å²) in [5, 5.41) is 5.32. The first kappa shape index (κ1) is 15.8. The number of amides is 1. The lowest BCUT2D eigenvalue weighted by Crippen LogP contribution is -2.29. The van der Waals surface area contributed by atoms with Crippen LogP contribution in [0.4, 0.5) is 0 Å². The Bertz CT molecular complexity index is 872. The van der Waals surface area contributed by atoms with Crippen molar-refractivity contribution in [3.8, 4) is 12.3 Å². The Morgan fingerprint density at radius 2 is 1.67 bits per heavy atom. The third kappa shape index (κ3) is 3.64. The molecule has 24 heavy (non-hydrogen) atoms. The summed E-state index contributed by atoms with van der Waals surface area (Å²) in [5.74, 6) is 2.63. The van der Waals surface area contributed by atoms with Gasteiger partial charge < -0.3 is 5.32 Å². The van der Waals surface area contributed by atoms with Gasteiger partial charge in [0.15, 0.2) is 0 Å². The summed E-state index contributed by atoms with van der Waals surface area (Å²) in [7, 11) is 0. The number of carbonyl (C=O) groups excluding carboxylic acids is 1. The van der Waals surface area contributed by atoms with E-state index in [0.717, 1.165) is 21.9 Å². The molecule has 3 rings (SSSR count). The highest BCUT2D eigenvalue weighted by Gasteiger charge is 2.14. The number of hydrogen-bond acceptors (Lipinski definition) is 1. The molecule has 0 radical (unpaired) electrons. The molecule has 0 bridgehead atoms. The molecular formula is C22H19NO. The van der Waals surface area contributed by atoms with Gasteiger partial charge in [0.1, 0.15) is 0 Å². The van der Waals surface area contributed by atoms with E-state index >= 15 is 0 Å². The smallest absolute Gasteiger partial charge is 0.224 e. The number of hydrogen-bond donors (Lipinski definition) is 1.